The topological polar surface area (TPSA) is 67.9 Å². The Kier molecular flexibility index (Phi) is 3.03. The average Bonchev–Trinajstić information content (AvgIpc) is 2.61. The first-order valence-corrected chi connectivity index (χ1v) is 6.56. The van der Waals surface area contributed by atoms with Crippen molar-refractivity contribution in [2.45, 2.75) is 31.3 Å². The summed E-state index contributed by atoms with van der Waals surface area (Å²) in [6.45, 7) is 3.10. The van der Waals surface area contributed by atoms with Crippen LogP contribution in [0.5, 0.6) is 0 Å². The van der Waals surface area contributed by atoms with Gasteiger partial charge in [-0.15, -0.1) is 0 Å². The quantitative estimate of drug-likeness (QED) is 0.698. The molecule has 5 heteroatoms. The normalized spacial score (nSPS) is 28.5. The van der Waals surface area contributed by atoms with Crippen molar-refractivity contribution in [3.63, 3.8) is 0 Å². The van der Waals surface area contributed by atoms with E-state index in [0.29, 0.717) is 12.1 Å². The Hall–Kier alpha value is -1.07. The molecule has 5 nitrogen and oxygen atoms in total. The van der Waals surface area contributed by atoms with Gasteiger partial charge in [-0.05, 0) is 25.2 Å². The Morgan fingerprint density at radius 3 is 2.94 bits per heavy atom. The molecule has 1 saturated carbocycles. The van der Waals surface area contributed by atoms with E-state index in [4.69, 9.17) is 5.73 Å². The second-order valence-electron chi connectivity index (χ2n) is 5.29. The van der Waals surface area contributed by atoms with Crippen molar-refractivity contribution in [1.29, 1.82) is 0 Å². The molecular formula is C12H21N5. The van der Waals surface area contributed by atoms with Gasteiger partial charge in [0, 0.05) is 31.7 Å². The second-order valence-corrected chi connectivity index (χ2v) is 5.29. The molecule has 1 aliphatic heterocycles. The van der Waals surface area contributed by atoms with Gasteiger partial charge in [0.25, 0.3) is 0 Å². The highest BCUT2D eigenvalue weighted by molar-refractivity contribution is 5.34. The third-order valence-corrected chi connectivity index (χ3v) is 3.91. The van der Waals surface area contributed by atoms with E-state index in [-0.39, 0.29) is 0 Å². The highest BCUT2D eigenvalue weighted by Crippen LogP contribution is 2.28. The molecule has 1 saturated heterocycles. The van der Waals surface area contributed by atoms with Crippen LogP contribution in [0, 0.1) is 5.92 Å². The number of anilines is 1. The summed E-state index contributed by atoms with van der Waals surface area (Å²) in [6, 6.07) is 3.06. The number of hydrogen-bond donors (Lipinski definition) is 3. The summed E-state index contributed by atoms with van der Waals surface area (Å²) in [6.07, 6.45) is 5.50. The molecule has 0 aromatic carbocycles. The third-order valence-electron chi connectivity index (χ3n) is 3.91. The van der Waals surface area contributed by atoms with E-state index in [2.05, 4.69) is 26.5 Å². The van der Waals surface area contributed by atoms with Gasteiger partial charge < -0.3 is 16.4 Å². The molecule has 0 amide bonds. The molecule has 0 bridgehead atoms. The fourth-order valence-corrected chi connectivity index (χ4v) is 2.62. The fraction of sp³-hybridized carbons (Fsp3) is 0.750. The highest BCUT2D eigenvalue weighted by Gasteiger charge is 2.25. The van der Waals surface area contributed by atoms with Crippen molar-refractivity contribution in [1.82, 2.24) is 15.1 Å². The summed E-state index contributed by atoms with van der Waals surface area (Å²) in [4.78, 5) is 0. The zero-order chi connectivity index (χ0) is 11.7. The Morgan fingerprint density at radius 1 is 1.47 bits per heavy atom. The number of aromatic nitrogens is 2. The lowest BCUT2D eigenvalue weighted by atomic mass is 9.79. The molecule has 0 spiro atoms. The monoisotopic (exact) mass is 235 g/mol. The van der Waals surface area contributed by atoms with Gasteiger partial charge in [-0.1, -0.05) is 0 Å². The molecule has 2 fully saturated rings. The van der Waals surface area contributed by atoms with Crippen LogP contribution in [0.1, 0.15) is 25.3 Å². The molecule has 1 aliphatic carbocycles. The summed E-state index contributed by atoms with van der Waals surface area (Å²) < 4.78 is 2.10. The van der Waals surface area contributed by atoms with Crippen LogP contribution in [0.4, 0.5) is 5.82 Å². The smallest absolute Gasteiger partial charge is 0.124 e. The SMILES string of the molecule is NC1CC(CCNc2ccnn2C2CNC2)C1. The molecule has 2 heterocycles. The van der Waals surface area contributed by atoms with Crippen molar-refractivity contribution in [2.75, 3.05) is 25.0 Å². The number of nitrogens with zero attached hydrogens (tertiary/aromatic N) is 2. The van der Waals surface area contributed by atoms with Crippen molar-refractivity contribution >= 4 is 5.82 Å². The number of nitrogens with one attached hydrogen (secondary N) is 2. The lowest BCUT2D eigenvalue weighted by Gasteiger charge is -2.33. The van der Waals surface area contributed by atoms with Crippen LogP contribution < -0.4 is 16.4 Å². The average molecular weight is 235 g/mol. The molecule has 0 radical (unpaired) electrons. The summed E-state index contributed by atoms with van der Waals surface area (Å²) in [5.41, 5.74) is 5.78. The van der Waals surface area contributed by atoms with E-state index in [1.807, 2.05) is 6.20 Å². The van der Waals surface area contributed by atoms with Crippen LogP contribution in [0.25, 0.3) is 0 Å². The number of nitrogens with two attached hydrogens (primary N) is 1. The van der Waals surface area contributed by atoms with Crippen molar-refractivity contribution in [3.05, 3.63) is 12.3 Å². The minimum atomic E-state index is 0.464. The molecular weight excluding hydrogens is 214 g/mol. The first kappa shape index (κ1) is 11.0. The van der Waals surface area contributed by atoms with E-state index >= 15 is 0 Å². The van der Waals surface area contributed by atoms with E-state index in [1.165, 1.54) is 19.3 Å². The van der Waals surface area contributed by atoms with Crippen molar-refractivity contribution in [3.8, 4) is 0 Å². The Bertz CT molecular complexity index is 365. The van der Waals surface area contributed by atoms with Gasteiger partial charge >= 0.3 is 0 Å². The molecule has 2 aliphatic rings. The van der Waals surface area contributed by atoms with E-state index in [9.17, 15) is 0 Å². The summed E-state index contributed by atoms with van der Waals surface area (Å²) >= 11 is 0. The molecule has 94 valence electrons. The Balaban J connectivity index is 1.46. The summed E-state index contributed by atoms with van der Waals surface area (Å²) in [5, 5.41) is 11.1. The molecule has 4 N–H and O–H groups in total. The van der Waals surface area contributed by atoms with Gasteiger partial charge in [-0.2, -0.15) is 5.10 Å². The lowest BCUT2D eigenvalue weighted by Crippen LogP contribution is -2.44. The zero-order valence-corrected chi connectivity index (χ0v) is 10.1. The largest absolute Gasteiger partial charge is 0.370 e. The minimum absolute atomic E-state index is 0.464. The van der Waals surface area contributed by atoms with Crippen LogP contribution in [0.2, 0.25) is 0 Å². The molecule has 1 aromatic heterocycles. The molecule has 0 atom stereocenters. The van der Waals surface area contributed by atoms with Crippen LogP contribution >= 0.6 is 0 Å². The maximum atomic E-state index is 5.78. The van der Waals surface area contributed by atoms with E-state index in [0.717, 1.165) is 31.4 Å². The first-order valence-electron chi connectivity index (χ1n) is 6.56. The van der Waals surface area contributed by atoms with Crippen LogP contribution in [-0.2, 0) is 0 Å². The predicted molar refractivity (Wildman–Crippen MR) is 67.9 cm³/mol. The maximum absolute atomic E-state index is 5.78. The zero-order valence-electron chi connectivity index (χ0n) is 10.1. The van der Waals surface area contributed by atoms with Gasteiger partial charge in [-0.3, -0.25) is 0 Å². The Labute approximate surface area is 102 Å². The summed E-state index contributed by atoms with van der Waals surface area (Å²) in [5.74, 6) is 1.99. The predicted octanol–water partition coefficient (Wildman–Crippen LogP) is 0.567. The Morgan fingerprint density at radius 2 is 2.29 bits per heavy atom. The van der Waals surface area contributed by atoms with Crippen molar-refractivity contribution in [2.24, 2.45) is 11.7 Å². The number of hydrogen-bond acceptors (Lipinski definition) is 4. The molecule has 17 heavy (non-hydrogen) atoms. The maximum Gasteiger partial charge on any atom is 0.124 e. The number of rotatable bonds is 5. The highest BCUT2D eigenvalue weighted by atomic mass is 15.4. The minimum Gasteiger partial charge on any atom is -0.370 e. The van der Waals surface area contributed by atoms with Gasteiger partial charge in [-0.25, -0.2) is 4.68 Å². The van der Waals surface area contributed by atoms with E-state index < -0.39 is 0 Å². The summed E-state index contributed by atoms with van der Waals surface area (Å²) in [7, 11) is 0. The fourth-order valence-electron chi connectivity index (χ4n) is 2.62. The van der Waals surface area contributed by atoms with Crippen LogP contribution in [-0.4, -0.2) is 35.5 Å². The van der Waals surface area contributed by atoms with Crippen molar-refractivity contribution < 1.29 is 0 Å². The molecule has 3 rings (SSSR count). The van der Waals surface area contributed by atoms with Gasteiger partial charge in [0.2, 0.25) is 0 Å². The standard InChI is InChI=1S/C12H21N5/c13-10-5-9(6-10)1-3-15-12-2-4-16-17(12)11-7-14-8-11/h2,4,9-11,14-15H,1,3,5-8,13H2. The van der Waals surface area contributed by atoms with E-state index in [1.54, 1.807) is 0 Å². The van der Waals surface area contributed by atoms with Crippen LogP contribution in [0.15, 0.2) is 12.3 Å². The third kappa shape index (κ3) is 2.30. The van der Waals surface area contributed by atoms with Gasteiger partial charge in [0.05, 0.1) is 12.2 Å². The van der Waals surface area contributed by atoms with Gasteiger partial charge in [0.15, 0.2) is 0 Å². The molecule has 0 unspecified atom stereocenters. The second kappa shape index (κ2) is 4.66. The lowest BCUT2D eigenvalue weighted by molar-refractivity contribution is 0.255. The first-order chi connectivity index (χ1) is 8.33. The molecule has 1 aromatic rings. The van der Waals surface area contributed by atoms with Gasteiger partial charge in [0.1, 0.15) is 5.82 Å². The van der Waals surface area contributed by atoms with Crippen LogP contribution in [0.3, 0.4) is 0 Å².